The summed E-state index contributed by atoms with van der Waals surface area (Å²) >= 11 is 0. The largest absolute Gasteiger partial charge is 0.455 e. The van der Waals surface area contributed by atoms with E-state index in [1.165, 1.54) is 22.0 Å². The van der Waals surface area contributed by atoms with Crippen LogP contribution in [0.15, 0.2) is 54.6 Å². The number of rotatable bonds is 3. The van der Waals surface area contributed by atoms with Gasteiger partial charge in [-0.15, -0.1) is 0 Å². The van der Waals surface area contributed by atoms with Crippen molar-refractivity contribution in [2.24, 2.45) is 0 Å². The van der Waals surface area contributed by atoms with Crippen LogP contribution in [0.2, 0.25) is 0 Å². The summed E-state index contributed by atoms with van der Waals surface area (Å²) in [6.45, 7) is 0. The fourth-order valence-corrected chi connectivity index (χ4v) is 2.79. The second-order valence-electron chi connectivity index (χ2n) is 5.76. The van der Waals surface area contributed by atoms with Crippen molar-refractivity contribution in [3.8, 4) is 11.5 Å². The lowest BCUT2D eigenvalue weighted by atomic mass is 10.00. The molecule has 0 bridgehead atoms. The molecule has 0 unspecified atom stereocenters. The van der Waals surface area contributed by atoms with Crippen LogP contribution in [0.3, 0.4) is 0 Å². The molecule has 0 N–H and O–H groups in total. The van der Waals surface area contributed by atoms with Crippen molar-refractivity contribution < 1.29 is 4.74 Å². The Morgan fingerprint density at radius 2 is 1.68 bits per heavy atom. The second-order valence-corrected chi connectivity index (χ2v) is 5.76. The van der Waals surface area contributed by atoms with E-state index in [0.29, 0.717) is 0 Å². The molecule has 1 heterocycles. The summed E-state index contributed by atoms with van der Waals surface area (Å²) in [7, 11) is 4.10. The summed E-state index contributed by atoms with van der Waals surface area (Å²) in [4.78, 5) is 2.10. The van der Waals surface area contributed by atoms with Gasteiger partial charge in [-0.1, -0.05) is 48.6 Å². The average molecular weight is 287 g/mol. The van der Waals surface area contributed by atoms with Crippen molar-refractivity contribution in [2.45, 2.75) is 0 Å². The van der Waals surface area contributed by atoms with E-state index in [9.17, 15) is 0 Å². The molecule has 1 aliphatic rings. The Balaban J connectivity index is 1.65. The molecule has 22 heavy (non-hydrogen) atoms. The fraction of sp³-hybridized carbons (Fsp3) is 0.100. The molecular weight excluding hydrogens is 270 g/mol. The van der Waals surface area contributed by atoms with Crippen LogP contribution < -0.4 is 9.64 Å². The van der Waals surface area contributed by atoms with E-state index >= 15 is 0 Å². The Morgan fingerprint density at radius 3 is 2.45 bits per heavy atom. The zero-order valence-corrected chi connectivity index (χ0v) is 12.7. The van der Waals surface area contributed by atoms with Crippen molar-refractivity contribution >= 4 is 28.6 Å². The van der Waals surface area contributed by atoms with Crippen molar-refractivity contribution in [3.05, 3.63) is 65.7 Å². The molecule has 0 fully saturated rings. The fourth-order valence-electron chi connectivity index (χ4n) is 2.79. The van der Waals surface area contributed by atoms with Gasteiger partial charge in [-0.05, 0) is 29.1 Å². The monoisotopic (exact) mass is 287 g/mol. The van der Waals surface area contributed by atoms with Gasteiger partial charge in [0.2, 0.25) is 0 Å². The van der Waals surface area contributed by atoms with E-state index in [-0.39, 0.29) is 0 Å². The van der Waals surface area contributed by atoms with Gasteiger partial charge < -0.3 is 9.64 Å². The molecule has 0 aromatic heterocycles. The Hall–Kier alpha value is -2.74. The third-order valence-electron chi connectivity index (χ3n) is 4.07. The third kappa shape index (κ3) is 2.04. The molecule has 2 nitrogen and oxygen atoms in total. The highest BCUT2D eigenvalue weighted by Crippen LogP contribution is 2.48. The van der Waals surface area contributed by atoms with Gasteiger partial charge in [-0.3, -0.25) is 0 Å². The van der Waals surface area contributed by atoms with E-state index in [0.717, 1.165) is 17.1 Å². The van der Waals surface area contributed by atoms with E-state index in [4.69, 9.17) is 4.74 Å². The van der Waals surface area contributed by atoms with Crippen LogP contribution in [0.25, 0.3) is 22.9 Å². The molecule has 108 valence electrons. The molecule has 0 saturated carbocycles. The van der Waals surface area contributed by atoms with Gasteiger partial charge >= 0.3 is 0 Å². The highest BCUT2D eigenvalue weighted by molar-refractivity contribution is 6.01. The number of ether oxygens (including phenoxy) is 1. The Labute approximate surface area is 130 Å². The zero-order valence-electron chi connectivity index (χ0n) is 12.7. The first-order valence-corrected chi connectivity index (χ1v) is 7.41. The van der Waals surface area contributed by atoms with Crippen LogP contribution >= 0.6 is 0 Å². The van der Waals surface area contributed by atoms with Gasteiger partial charge in [0.15, 0.2) is 0 Å². The minimum Gasteiger partial charge on any atom is -0.455 e. The number of benzene rings is 3. The average Bonchev–Trinajstić information content (AvgIpc) is 2.51. The highest BCUT2D eigenvalue weighted by atomic mass is 16.5. The number of nitrogens with zero attached hydrogens (tertiary/aromatic N) is 1. The molecule has 0 amide bonds. The number of hydrogen-bond acceptors (Lipinski definition) is 2. The van der Waals surface area contributed by atoms with Gasteiger partial charge in [0.1, 0.15) is 11.5 Å². The molecular formula is C20H17NO. The van der Waals surface area contributed by atoms with E-state index in [1.54, 1.807) is 0 Å². The summed E-state index contributed by atoms with van der Waals surface area (Å²) in [5, 5.41) is 2.49. The Kier molecular flexibility index (Phi) is 2.90. The lowest BCUT2D eigenvalue weighted by Crippen LogP contribution is -2.07. The third-order valence-corrected chi connectivity index (χ3v) is 4.07. The van der Waals surface area contributed by atoms with Crippen LogP contribution in [0.4, 0.5) is 5.69 Å². The quantitative estimate of drug-likeness (QED) is 0.481. The Morgan fingerprint density at radius 1 is 0.864 bits per heavy atom. The molecule has 4 rings (SSSR count). The standard InChI is InChI=1S/C20H17NO/c1-21(2)17-12-7-14(8-13-17)6-9-16-11-10-15-4-3-5-18-19(15)20(16)22-18/h3-13H,1-2H3/b9-6+. The molecule has 0 spiro atoms. The first kappa shape index (κ1) is 13.0. The van der Waals surface area contributed by atoms with Crippen molar-refractivity contribution in [2.75, 3.05) is 19.0 Å². The van der Waals surface area contributed by atoms with Crippen molar-refractivity contribution in [3.63, 3.8) is 0 Å². The summed E-state index contributed by atoms with van der Waals surface area (Å²) in [5.74, 6) is 1.98. The van der Waals surface area contributed by atoms with Gasteiger partial charge in [-0.2, -0.15) is 0 Å². The van der Waals surface area contributed by atoms with E-state index in [2.05, 4.69) is 59.5 Å². The highest BCUT2D eigenvalue weighted by Gasteiger charge is 2.21. The topological polar surface area (TPSA) is 12.5 Å². The molecule has 0 aliphatic carbocycles. The molecule has 3 aromatic rings. The minimum atomic E-state index is 0.984. The molecule has 0 atom stereocenters. The van der Waals surface area contributed by atoms with Gasteiger partial charge in [0.05, 0.1) is 5.39 Å². The molecule has 0 radical (unpaired) electrons. The van der Waals surface area contributed by atoms with Crippen molar-refractivity contribution in [1.29, 1.82) is 0 Å². The normalized spacial score (nSPS) is 12.3. The lowest BCUT2D eigenvalue weighted by molar-refractivity contribution is 0.460. The van der Waals surface area contributed by atoms with Crippen LogP contribution in [-0.4, -0.2) is 14.1 Å². The maximum absolute atomic E-state index is 5.79. The van der Waals surface area contributed by atoms with Gasteiger partial charge in [0, 0.05) is 25.3 Å². The zero-order chi connectivity index (χ0) is 15.1. The van der Waals surface area contributed by atoms with Crippen LogP contribution in [-0.2, 0) is 0 Å². The van der Waals surface area contributed by atoms with Crippen molar-refractivity contribution in [1.82, 2.24) is 0 Å². The maximum atomic E-state index is 5.79. The Bertz CT molecular complexity index is 876. The predicted molar refractivity (Wildman–Crippen MR) is 93.7 cm³/mol. The SMILES string of the molecule is CN(C)c1ccc(/C=C/c2ccc3cccc4c3c2O4)cc1. The number of hydrogen-bond donors (Lipinski definition) is 0. The van der Waals surface area contributed by atoms with Crippen LogP contribution in [0.5, 0.6) is 11.5 Å². The lowest BCUT2D eigenvalue weighted by Gasteiger charge is -2.22. The van der Waals surface area contributed by atoms with E-state index < -0.39 is 0 Å². The minimum absolute atomic E-state index is 0.984. The summed E-state index contributed by atoms with van der Waals surface area (Å²) < 4.78 is 5.79. The van der Waals surface area contributed by atoms with Gasteiger partial charge in [-0.25, -0.2) is 0 Å². The maximum Gasteiger partial charge on any atom is 0.146 e. The first-order valence-electron chi connectivity index (χ1n) is 7.41. The first-order chi connectivity index (χ1) is 10.7. The van der Waals surface area contributed by atoms with Gasteiger partial charge in [0.25, 0.3) is 0 Å². The van der Waals surface area contributed by atoms with Crippen LogP contribution in [0, 0.1) is 0 Å². The smallest absolute Gasteiger partial charge is 0.146 e. The van der Waals surface area contributed by atoms with Crippen LogP contribution in [0.1, 0.15) is 11.1 Å². The second kappa shape index (κ2) is 4.92. The molecule has 3 aromatic carbocycles. The predicted octanol–water partition coefficient (Wildman–Crippen LogP) is 5.18. The number of anilines is 1. The molecule has 0 saturated heterocycles. The molecule has 1 aliphatic heterocycles. The molecule has 2 heteroatoms. The summed E-state index contributed by atoms with van der Waals surface area (Å²) in [6.07, 6.45) is 4.25. The summed E-state index contributed by atoms with van der Waals surface area (Å²) in [5.41, 5.74) is 3.52. The summed E-state index contributed by atoms with van der Waals surface area (Å²) in [6, 6.07) is 19.0. The van der Waals surface area contributed by atoms with E-state index in [1.807, 2.05) is 26.2 Å².